The van der Waals surface area contributed by atoms with Crippen molar-refractivity contribution in [3.05, 3.63) is 71.0 Å². The molecule has 1 N–H and O–H groups in total. The van der Waals surface area contributed by atoms with E-state index in [1.165, 1.54) is 0 Å². The summed E-state index contributed by atoms with van der Waals surface area (Å²) in [4.78, 5) is 16.9. The Morgan fingerprint density at radius 1 is 1.15 bits per heavy atom. The van der Waals surface area contributed by atoms with Crippen LogP contribution in [0.15, 0.2) is 65.3 Å². The molecule has 136 valence electrons. The number of anilines is 1. The Kier molecular flexibility index (Phi) is 4.64. The molecule has 0 unspecified atom stereocenters. The van der Waals surface area contributed by atoms with Crippen LogP contribution in [0.2, 0.25) is 0 Å². The first-order valence-electron chi connectivity index (χ1n) is 8.25. The summed E-state index contributed by atoms with van der Waals surface area (Å²) in [5, 5.41) is 7.06. The topological polar surface area (TPSA) is 74.0 Å². The molecule has 2 aromatic heterocycles. The number of fused-ring (bicyclic) bond motifs is 1. The zero-order valence-electron chi connectivity index (χ0n) is 14.5. The molecule has 7 nitrogen and oxygen atoms in total. The predicted molar refractivity (Wildman–Crippen MR) is 106 cm³/mol. The van der Waals surface area contributed by atoms with E-state index in [9.17, 15) is 4.79 Å². The summed E-state index contributed by atoms with van der Waals surface area (Å²) in [5.74, 6) is 0.872. The highest BCUT2D eigenvalue weighted by atomic mass is 79.9. The first-order valence-corrected chi connectivity index (χ1v) is 9.04. The lowest BCUT2D eigenvalue weighted by Gasteiger charge is -2.06. The van der Waals surface area contributed by atoms with Gasteiger partial charge in [0.15, 0.2) is 12.4 Å². The average Bonchev–Trinajstić information content (AvgIpc) is 3.27. The number of imidazole rings is 1. The van der Waals surface area contributed by atoms with Gasteiger partial charge < -0.3 is 9.30 Å². The van der Waals surface area contributed by atoms with E-state index in [4.69, 9.17) is 4.74 Å². The smallest absolute Gasteiger partial charge is 0.278 e. The van der Waals surface area contributed by atoms with Crippen molar-refractivity contribution in [1.82, 2.24) is 19.3 Å². The molecule has 0 aliphatic heterocycles. The van der Waals surface area contributed by atoms with Gasteiger partial charge in [-0.05, 0) is 42.5 Å². The van der Waals surface area contributed by atoms with Gasteiger partial charge in [0.25, 0.3) is 5.91 Å². The van der Waals surface area contributed by atoms with E-state index < -0.39 is 0 Å². The van der Waals surface area contributed by atoms with E-state index in [-0.39, 0.29) is 12.6 Å². The van der Waals surface area contributed by atoms with Gasteiger partial charge in [-0.25, -0.2) is 9.67 Å². The van der Waals surface area contributed by atoms with Crippen molar-refractivity contribution in [1.29, 1.82) is 0 Å². The number of nitrogens with zero attached hydrogens (tertiary/aromatic N) is 4. The number of nitrogens with one attached hydrogen (secondary N) is 1. The molecule has 0 saturated heterocycles. The molecule has 0 radical (unpaired) electrons. The summed E-state index contributed by atoms with van der Waals surface area (Å²) in [6, 6.07) is 16.8. The van der Waals surface area contributed by atoms with E-state index in [1.54, 1.807) is 16.9 Å². The Balaban J connectivity index is 1.43. The Morgan fingerprint density at radius 3 is 2.70 bits per heavy atom. The molecule has 0 saturated carbocycles. The number of rotatable bonds is 5. The fraction of sp³-hybridized carbons (Fsp3) is 0.105. The summed E-state index contributed by atoms with van der Waals surface area (Å²) >= 11 is 3.38. The summed E-state index contributed by atoms with van der Waals surface area (Å²) < 4.78 is 10.0. The Labute approximate surface area is 163 Å². The standard InChI is InChI=1S/C19H16BrN5O2/c1-24-17-5-3-2-4-15(17)21-19(24)22-18(26)16-10-11-25(23-16)12-27-14-8-6-13(20)7-9-14/h2-11H,12H2,1H3,(H,21,22,26). The minimum atomic E-state index is -0.323. The van der Waals surface area contributed by atoms with Crippen LogP contribution in [0.5, 0.6) is 5.75 Å². The lowest BCUT2D eigenvalue weighted by molar-refractivity contribution is 0.101. The first kappa shape index (κ1) is 17.3. The molecule has 27 heavy (non-hydrogen) atoms. The van der Waals surface area contributed by atoms with Crippen molar-refractivity contribution >= 4 is 38.8 Å². The predicted octanol–water partition coefficient (Wildman–Crippen LogP) is 3.82. The lowest BCUT2D eigenvalue weighted by Crippen LogP contribution is -2.16. The van der Waals surface area contributed by atoms with Crippen LogP contribution in [0.4, 0.5) is 5.95 Å². The molecule has 0 spiro atoms. The van der Waals surface area contributed by atoms with E-state index in [1.807, 2.05) is 60.1 Å². The van der Waals surface area contributed by atoms with Gasteiger partial charge in [0.2, 0.25) is 5.95 Å². The van der Waals surface area contributed by atoms with Crippen molar-refractivity contribution in [3.8, 4) is 5.75 Å². The van der Waals surface area contributed by atoms with Crippen molar-refractivity contribution < 1.29 is 9.53 Å². The normalized spacial score (nSPS) is 10.9. The van der Waals surface area contributed by atoms with Crippen molar-refractivity contribution in [2.75, 3.05) is 5.32 Å². The van der Waals surface area contributed by atoms with Crippen LogP contribution in [0.3, 0.4) is 0 Å². The number of ether oxygens (including phenoxy) is 1. The Hall–Kier alpha value is -3.13. The largest absolute Gasteiger partial charge is 0.471 e. The Morgan fingerprint density at radius 2 is 1.93 bits per heavy atom. The SMILES string of the molecule is Cn1c(NC(=O)c2ccn(COc3ccc(Br)cc3)n2)nc2ccccc21. The molecule has 2 heterocycles. The molecule has 4 aromatic rings. The highest BCUT2D eigenvalue weighted by Crippen LogP contribution is 2.18. The van der Waals surface area contributed by atoms with E-state index in [2.05, 4.69) is 31.3 Å². The van der Waals surface area contributed by atoms with Crippen molar-refractivity contribution in [2.45, 2.75) is 6.73 Å². The third-order valence-electron chi connectivity index (χ3n) is 4.06. The molecule has 0 atom stereocenters. The zero-order valence-corrected chi connectivity index (χ0v) is 16.0. The number of halogens is 1. The Bertz CT molecular complexity index is 1100. The number of aryl methyl sites for hydroxylation is 1. The molecule has 2 aromatic carbocycles. The maximum atomic E-state index is 12.5. The minimum absolute atomic E-state index is 0.210. The fourth-order valence-electron chi connectivity index (χ4n) is 2.65. The second kappa shape index (κ2) is 7.24. The van der Waals surface area contributed by atoms with Crippen molar-refractivity contribution in [3.63, 3.8) is 0 Å². The van der Waals surface area contributed by atoms with E-state index >= 15 is 0 Å². The summed E-state index contributed by atoms with van der Waals surface area (Å²) in [6.45, 7) is 0.210. The highest BCUT2D eigenvalue weighted by molar-refractivity contribution is 9.10. The molecule has 1 amide bonds. The maximum absolute atomic E-state index is 12.5. The zero-order chi connectivity index (χ0) is 18.8. The van der Waals surface area contributed by atoms with Crippen LogP contribution in [-0.4, -0.2) is 25.2 Å². The number of hydrogen-bond donors (Lipinski definition) is 1. The average molecular weight is 426 g/mol. The monoisotopic (exact) mass is 425 g/mol. The molecule has 0 bridgehead atoms. The summed E-state index contributed by atoms with van der Waals surface area (Å²) in [5.41, 5.74) is 2.06. The molecule has 4 rings (SSSR count). The van der Waals surface area contributed by atoms with Gasteiger partial charge in [0, 0.05) is 17.7 Å². The number of aromatic nitrogens is 4. The maximum Gasteiger partial charge on any atom is 0.278 e. The van der Waals surface area contributed by atoms with Crippen LogP contribution >= 0.6 is 15.9 Å². The number of carbonyl (C=O) groups is 1. The number of carbonyl (C=O) groups excluding carboxylic acids is 1. The number of hydrogen-bond acceptors (Lipinski definition) is 4. The van der Waals surface area contributed by atoms with E-state index in [0.717, 1.165) is 21.3 Å². The van der Waals surface area contributed by atoms with E-state index in [0.29, 0.717) is 11.6 Å². The number of amides is 1. The van der Waals surface area contributed by atoms with Gasteiger partial charge in [-0.1, -0.05) is 28.1 Å². The van der Waals surface area contributed by atoms with Gasteiger partial charge in [0.1, 0.15) is 5.75 Å². The van der Waals surface area contributed by atoms with Gasteiger partial charge >= 0.3 is 0 Å². The van der Waals surface area contributed by atoms with Gasteiger partial charge in [-0.15, -0.1) is 0 Å². The molecule has 0 aliphatic carbocycles. The van der Waals surface area contributed by atoms with Crippen LogP contribution in [0.1, 0.15) is 10.5 Å². The summed E-state index contributed by atoms with van der Waals surface area (Å²) in [6.07, 6.45) is 1.70. The minimum Gasteiger partial charge on any atom is -0.471 e. The first-order chi connectivity index (χ1) is 13.1. The molecular formula is C19H16BrN5O2. The molecular weight excluding hydrogens is 410 g/mol. The number of para-hydroxylation sites is 2. The fourth-order valence-corrected chi connectivity index (χ4v) is 2.91. The number of benzene rings is 2. The van der Waals surface area contributed by atoms with Crippen LogP contribution in [0, 0.1) is 0 Å². The van der Waals surface area contributed by atoms with Crippen LogP contribution in [-0.2, 0) is 13.8 Å². The van der Waals surface area contributed by atoms with Crippen LogP contribution in [0.25, 0.3) is 11.0 Å². The quantitative estimate of drug-likeness (QED) is 0.527. The third kappa shape index (κ3) is 3.70. The second-order valence-corrected chi connectivity index (χ2v) is 6.82. The summed E-state index contributed by atoms with van der Waals surface area (Å²) in [7, 11) is 1.86. The van der Waals surface area contributed by atoms with Gasteiger partial charge in [0.05, 0.1) is 11.0 Å². The van der Waals surface area contributed by atoms with Crippen LogP contribution < -0.4 is 10.1 Å². The lowest BCUT2D eigenvalue weighted by atomic mass is 10.3. The molecule has 8 heteroatoms. The second-order valence-electron chi connectivity index (χ2n) is 5.91. The molecule has 0 fully saturated rings. The van der Waals surface area contributed by atoms with Crippen molar-refractivity contribution in [2.24, 2.45) is 7.05 Å². The highest BCUT2D eigenvalue weighted by Gasteiger charge is 2.14. The molecule has 0 aliphatic rings. The van der Waals surface area contributed by atoms with Gasteiger partial charge in [-0.2, -0.15) is 5.10 Å². The third-order valence-corrected chi connectivity index (χ3v) is 4.59. The van der Waals surface area contributed by atoms with Gasteiger partial charge in [-0.3, -0.25) is 10.1 Å².